The van der Waals surface area contributed by atoms with Crippen LogP contribution in [-0.2, 0) is 11.2 Å². The number of amides is 1. The molecular weight excluding hydrogens is 236 g/mol. The zero-order valence-corrected chi connectivity index (χ0v) is 12.5. The fourth-order valence-electron chi connectivity index (χ4n) is 2.20. The standard InChI is InChI=1S/C14H20N2O.C2H6/c1-10(16-11(2)17)7-12-3-5-13(6-4-12)14-8-15-9-14;1-2/h3-6,10,14-15H,7-9H2,1-2H3,(H,16,17);1-2H3. The third-order valence-electron chi connectivity index (χ3n) is 3.22. The van der Waals surface area contributed by atoms with E-state index in [0.717, 1.165) is 19.5 Å². The molecule has 1 saturated heterocycles. The van der Waals surface area contributed by atoms with Gasteiger partial charge in [-0.25, -0.2) is 0 Å². The van der Waals surface area contributed by atoms with Gasteiger partial charge in [-0.2, -0.15) is 0 Å². The van der Waals surface area contributed by atoms with Crippen molar-refractivity contribution >= 4 is 5.91 Å². The Morgan fingerprint density at radius 1 is 1.32 bits per heavy atom. The monoisotopic (exact) mass is 262 g/mol. The Bertz CT molecular complexity index is 382. The maximum atomic E-state index is 10.9. The Hall–Kier alpha value is -1.35. The van der Waals surface area contributed by atoms with Crippen molar-refractivity contribution in [3.8, 4) is 0 Å². The van der Waals surface area contributed by atoms with Crippen LogP contribution in [0.25, 0.3) is 0 Å². The largest absolute Gasteiger partial charge is 0.354 e. The zero-order chi connectivity index (χ0) is 14.3. The van der Waals surface area contributed by atoms with E-state index in [2.05, 4.69) is 34.9 Å². The smallest absolute Gasteiger partial charge is 0.217 e. The molecule has 1 aromatic carbocycles. The summed E-state index contributed by atoms with van der Waals surface area (Å²) in [6.07, 6.45) is 0.892. The van der Waals surface area contributed by atoms with Gasteiger partial charge in [0.25, 0.3) is 0 Å². The van der Waals surface area contributed by atoms with Gasteiger partial charge in [-0.05, 0) is 24.5 Å². The molecule has 1 heterocycles. The molecule has 0 aromatic heterocycles. The fourth-order valence-corrected chi connectivity index (χ4v) is 2.20. The number of nitrogens with one attached hydrogen (secondary N) is 2. The van der Waals surface area contributed by atoms with Crippen LogP contribution in [0, 0.1) is 0 Å². The highest BCUT2D eigenvalue weighted by Gasteiger charge is 2.18. The third-order valence-corrected chi connectivity index (χ3v) is 3.22. The molecular formula is C16H26N2O. The molecule has 0 radical (unpaired) electrons. The second kappa shape index (κ2) is 7.95. The van der Waals surface area contributed by atoms with Crippen LogP contribution in [0.2, 0.25) is 0 Å². The lowest BCUT2D eigenvalue weighted by atomic mass is 9.92. The summed E-state index contributed by atoms with van der Waals surface area (Å²) in [5.41, 5.74) is 2.70. The van der Waals surface area contributed by atoms with E-state index in [1.165, 1.54) is 11.1 Å². The lowest BCUT2D eigenvalue weighted by molar-refractivity contribution is -0.119. The van der Waals surface area contributed by atoms with Gasteiger partial charge in [0.15, 0.2) is 0 Å². The number of hydrogen-bond acceptors (Lipinski definition) is 2. The Balaban J connectivity index is 0.000000861. The number of carbonyl (C=O) groups excluding carboxylic acids is 1. The molecule has 0 bridgehead atoms. The van der Waals surface area contributed by atoms with Crippen molar-refractivity contribution in [2.45, 2.75) is 46.1 Å². The summed E-state index contributed by atoms with van der Waals surface area (Å²) in [6, 6.07) is 8.96. The van der Waals surface area contributed by atoms with E-state index in [-0.39, 0.29) is 11.9 Å². The van der Waals surface area contributed by atoms with Gasteiger partial charge < -0.3 is 10.6 Å². The highest BCUT2D eigenvalue weighted by molar-refractivity contribution is 5.73. The van der Waals surface area contributed by atoms with E-state index in [1.807, 2.05) is 20.8 Å². The first-order chi connectivity index (χ1) is 9.15. The molecule has 106 valence electrons. The van der Waals surface area contributed by atoms with Gasteiger partial charge in [0.1, 0.15) is 0 Å². The summed E-state index contributed by atoms with van der Waals surface area (Å²) in [6.45, 7) is 9.79. The van der Waals surface area contributed by atoms with Crippen molar-refractivity contribution in [2.75, 3.05) is 13.1 Å². The summed E-state index contributed by atoms with van der Waals surface area (Å²) in [5, 5.41) is 6.18. The Morgan fingerprint density at radius 2 is 1.89 bits per heavy atom. The SMILES string of the molecule is CC.CC(=O)NC(C)Cc1ccc(C2CNC2)cc1. The van der Waals surface area contributed by atoms with Gasteiger partial charge >= 0.3 is 0 Å². The highest BCUT2D eigenvalue weighted by Crippen LogP contribution is 2.20. The average molecular weight is 262 g/mol. The summed E-state index contributed by atoms with van der Waals surface area (Å²) in [5.74, 6) is 0.728. The van der Waals surface area contributed by atoms with Crippen LogP contribution in [0.1, 0.15) is 44.7 Å². The molecule has 0 aliphatic carbocycles. The second-order valence-electron chi connectivity index (χ2n) is 4.90. The number of rotatable bonds is 4. The lowest BCUT2D eigenvalue weighted by Gasteiger charge is -2.27. The van der Waals surface area contributed by atoms with E-state index < -0.39 is 0 Å². The van der Waals surface area contributed by atoms with Crippen molar-refractivity contribution < 1.29 is 4.79 Å². The second-order valence-corrected chi connectivity index (χ2v) is 4.90. The number of benzene rings is 1. The maximum Gasteiger partial charge on any atom is 0.217 e. The van der Waals surface area contributed by atoms with Crippen LogP contribution in [0.15, 0.2) is 24.3 Å². The van der Waals surface area contributed by atoms with Crippen molar-refractivity contribution in [3.63, 3.8) is 0 Å². The van der Waals surface area contributed by atoms with Crippen LogP contribution in [0.4, 0.5) is 0 Å². The first-order valence-corrected chi connectivity index (χ1v) is 7.22. The summed E-state index contributed by atoms with van der Waals surface area (Å²) >= 11 is 0. The van der Waals surface area contributed by atoms with Crippen LogP contribution in [0.3, 0.4) is 0 Å². The van der Waals surface area contributed by atoms with Gasteiger partial charge in [-0.1, -0.05) is 38.1 Å². The minimum atomic E-state index is 0.0367. The van der Waals surface area contributed by atoms with Crippen LogP contribution >= 0.6 is 0 Å². The predicted octanol–water partition coefficient (Wildman–Crippen LogP) is 2.47. The average Bonchev–Trinajstić information content (AvgIpc) is 2.31. The fraction of sp³-hybridized carbons (Fsp3) is 0.562. The van der Waals surface area contributed by atoms with E-state index in [0.29, 0.717) is 5.92 Å². The highest BCUT2D eigenvalue weighted by atomic mass is 16.1. The van der Waals surface area contributed by atoms with E-state index in [1.54, 1.807) is 6.92 Å². The summed E-state index contributed by atoms with van der Waals surface area (Å²) in [4.78, 5) is 10.9. The predicted molar refractivity (Wildman–Crippen MR) is 80.4 cm³/mol. The maximum absolute atomic E-state index is 10.9. The third kappa shape index (κ3) is 5.03. The number of hydrogen-bond donors (Lipinski definition) is 2. The Kier molecular flexibility index (Phi) is 6.57. The van der Waals surface area contributed by atoms with Gasteiger partial charge in [0, 0.05) is 32.0 Å². The molecule has 1 aliphatic rings. The van der Waals surface area contributed by atoms with Crippen molar-refractivity contribution in [2.24, 2.45) is 0 Å². The Labute approximate surface area is 116 Å². The Morgan fingerprint density at radius 3 is 2.32 bits per heavy atom. The van der Waals surface area contributed by atoms with Crippen LogP contribution < -0.4 is 10.6 Å². The summed E-state index contributed by atoms with van der Waals surface area (Å²) < 4.78 is 0. The lowest BCUT2D eigenvalue weighted by Crippen LogP contribution is -2.39. The minimum absolute atomic E-state index is 0.0367. The molecule has 1 aliphatic heterocycles. The van der Waals surface area contributed by atoms with Gasteiger partial charge in [0.05, 0.1) is 0 Å². The molecule has 0 saturated carbocycles. The topological polar surface area (TPSA) is 41.1 Å². The normalized spacial score (nSPS) is 15.8. The van der Waals surface area contributed by atoms with Crippen LogP contribution in [0.5, 0.6) is 0 Å². The van der Waals surface area contributed by atoms with Gasteiger partial charge in [-0.3, -0.25) is 4.79 Å². The first-order valence-electron chi connectivity index (χ1n) is 7.22. The molecule has 19 heavy (non-hydrogen) atoms. The molecule has 1 atom stereocenters. The van der Waals surface area contributed by atoms with Crippen molar-refractivity contribution in [1.82, 2.24) is 10.6 Å². The zero-order valence-electron chi connectivity index (χ0n) is 12.5. The molecule has 1 amide bonds. The van der Waals surface area contributed by atoms with Crippen molar-refractivity contribution in [1.29, 1.82) is 0 Å². The molecule has 1 unspecified atom stereocenters. The van der Waals surface area contributed by atoms with E-state index in [9.17, 15) is 4.79 Å². The van der Waals surface area contributed by atoms with E-state index in [4.69, 9.17) is 0 Å². The summed E-state index contributed by atoms with van der Waals surface area (Å²) in [7, 11) is 0. The number of carbonyl (C=O) groups is 1. The molecule has 2 N–H and O–H groups in total. The first kappa shape index (κ1) is 15.7. The molecule has 1 fully saturated rings. The van der Waals surface area contributed by atoms with Crippen LogP contribution in [-0.4, -0.2) is 25.0 Å². The molecule has 3 heteroatoms. The van der Waals surface area contributed by atoms with Gasteiger partial charge in [-0.15, -0.1) is 0 Å². The van der Waals surface area contributed by atoms with Gasteiger partial charge in [0.2, 0.25) is 5.91 Å². The van der Waals surface area contributed by atoms with E-state index >= 15 is 0 Å². The minimum Gasteiger partial charge on any atom is -0.354 e. The molecule has 1 aromatic rings. The molecule has 0 spiro atoms. The quantitative estimate of drug-likeness (QED) is 0.875. The van der Waals surface area contributed by atoms with Crippen molar-refractivity contribution in [3.05, 3.63) is 35.4 Å². The molecule has 3 nitrogen and oxygen atoms in total. The molecule has 2 rings (SSSR count).